The number of hydrogen-bond donors (Lipinski definition) is 1. The van der Waals surface area contributed by atoms with Gasteiger partial charge in [-0.25, -0.2) is 13.8 Å². The number of benzene rings is 2. The van der Waals surface area contributed by atoms with Gasteiger partial charge >= 0.3 is 0 Å². The third-order valence-corrected chi connectivity index (χ3v) is 9.12. The van der Waals surface area contributed by atoms with E-state index in [1.807, 2.05) is 40.1 Å². The molecular formula is C32H37F2N5O2. The minimum atomic E-state index is -2.56. The number of halogens is 2. The quantitative estimate of drug-likeness (QED) is 0.465. The minimum Gasteiger partial charge on any atom is -0.489 e. The number of nitrogens with one attached hydrogen (secondary N) is 1. The predicted molar refractivity (Wildman–Crippen MR) is 155 cm³/mol. The Hall–Kier alpha value is -3.30. The van der Waals surface area contributed by atoms with E-state index in [9.17, 15) is 13.6 Å². The highest BCUT2D eigenvalue weighted by atomic mass is 19.3. The third kappa shape index (κ3) is 5.62. The van der Waals surface area contributed by atoms with Crippen LogP contribution in [-0.4, -0.2) is 78.0 Å². The molecule has 216 valence electrons. The SMILES string of the molecule is O=C1c2ccc(O[C@H]3CCN(Cc4ccc5nc(N6CCC(F)(F)CC6)ccc5c4)C3)cc2CN1C1CCCNC1. The van der Waals surface area contributed by atoms with Gasteiger partial charge in [0.1, 0.15) is 17.7 Å². The molecule has 4 aliphatic heterocycles. The number of nitrogens with zero attached hydrogens (tertiary/aromatic N) is 4. The second kappa shape index (κ2) is 10.8. The number of aromatic nitrogens is 1. The zero-order chi connectivity index (χ0) is 28.0. The van der Waals surface area contributed by atoms with Crippen molar-refractivity contribution in [3.05, 3.63) is 65.2 Å². The van der Waals surface area contributed by atoms with Crippen LogP contribution in [0.25, 0.3) is 10.9 Å². The van der Waals surface area contributed by atoms with Crippen molar-refractivity contribution in [2.24, 2.45) is 0 Å². The summed E-state index contributed by atoms with van der Waals surface area (Å²) < 4.78 is 33.5. The summed E-state index contributed by atoms with van der Waals surface area (Å²) in [6, 6.07) is 16.5. The van der Waals surface area contributed by atoms with Crippen LogP contribution in [0, 0.1) is 0 Å². The summed E-state index contributed by atoms with van der Waals surface area (Å²) in [6.45, 7) is 5.90. The number of pyridine rings is 1. The Bertz CT molecular complexity index is 1430. The second-order valence-corrected chi connectivity index (χ2v) is 12.1. The molecule has 2 aromatic carbocycles. The summed E-state index contributed by atoms with van der Waals surface area (Å²) >= 11 is 0. The van der Waals surface area contributed by atoms with Gasteiger partial charge in [-0.15, -0.1) is 0 Å². The summed E-state index contributed by atoms with van der Waals surface area (Å²) in [5, 5.41) is 4.48. The predicted octanol–water partition coefficient (Wildman–Crippen LogP) is 4.83. The molecule has 0 bridgehead atoms. The van der Waals surface area contributed by atoms with Crippen LogP contribution in [0.4, 0.5) is 14.6 Å². The number of hydrogen-bond acceptors (Lipinski definition) is 6. The van der Waals surface area contributed by atoms with Gasteiger partial charge in [-0.2, -0.15) is 0 Å². The van der Waals surface area contributed by atoms with Crippen LogP contribution in [0.1, 0.15) is 53.6 Å². The second-order valence-electron chi connectivity index (χ2n) is 12.1. The average molecular weight is 562 g/mol. The van der Waals surface area contributed by atoms with Crippen LogP contribution in [0.5, 0.6) is 5.75 Å². The van der Waals surface area contributed by atoms with E-state index in [4.69, 9.17) is 9.72 Å². The lowest BCUT2D eigenvalue weighted by Crippen LogP contribution is -2.46. The van der Waals surface area contributed by atoms with Crippen molar-refractivity contribution in [2.45, 2.75) is 63.3 Å². The topological polar surface area (TPSA) is 60.9 Å². The molecule has 3 aromatic rings. The standard InChI is InChI=1S/C32H37F2N5O2/c33-32(34)10-14-38(15-11-32)30-8-4-23-16-22(3-7-29(23)36-30)19-37-13-9-27(21-37)41-26-5-6-28-24(17-26)20-39(31(28)40)25-2-1-12-35-18-25/h3-8,16-17,25,27,35H,1-2,9-15,18-21H2/t25?,27-/m0/s1. The highest BCUT2D eigenvalue weighted by Crippen LogP contribution is 2.32. The van der Waals surface area contributed by atoms with Crippen molar-refractivity contribution in [1.29, 1.82) is 0 Å². The minimum absolute atomic E-state index is 0.116. The van der Waals surface area contributed by atoms with Crippen LogP contribution in [0.3, 0.4) is 0 Å². The van der Waals surface area contributed by atoms with Crippen LogP contribution >= 0.6 is 0 Å². The molecule has 41 heavy (non-hydrogen) atoms. The molecule has 0 radical (unpaired) electrons. The van der Waals surface area contributed by atoms with E-state index in [2.05, 4.69) is 28.4 Å². The maximum absolute atomic E-state index is 13.6. The van der Waals surface area contributed by atoms with E-state index in [1.54, 1.807) is 0 Å². The van der Waals surface area contributed by atoms with Gasteiger partial charge in [0.05, 0.1) is 5.52 Å². The van der Waals surface area contributed by atoms with E-state index in [0.29, 0.717) is 19.6 Å². The number of carbonyl (C=O) groups is 1. The molecule has 0 saturated carbocycles. The molecule has 7 rings (SSSR count). The zero-order valence-corrected chi connectivity index (χ0v) is 23.3. The molecule has 1 unspecified atom stereocenters. The molecular weight excluding hydrogens is 524 g/mol. The summed E-state index contributed by atoms with van der Waals surface area (Å²) in [7, 11) is 0. The van der Waals surface area contributed by atoms with Gasteiger partial charge in [0.15, 0.2) is 0 Å². The van der Waals surface area contributed by atoms with Crippen LogP contribution in [0.2, 0.25) is 0 Å². The first-order chi connectivity index (χ1) is 19.9. The molecule has 0 spiro atoms. The fourth-order valence-corrected chi connectivity index (χ4v) is 6.78. The van der Waals surface area contributed by atoms with Gasteiger partial charge < -0.3 is 19.9 Å². The van der Waals surface area contributed by atoms with Crippen molar-refractivity contribution < 1.29 is 18.3 Å². The van der Waals surface area contributed by atoms with Crippen molar-refractivity contribution in [3.63, 3.8) is 0 Å². The van der Waals surface area contributed by atoms with Crippen molar-refractivity contribution in [3.8, 4) is 5.75 Å². The third-order valence-electron chi connectivity index (χ3n) is 9.12. The average Bonchev–Trinajstić information content (AvgIpc) is 3.56. The lowest BCUT2D eigenvalue weighted by atomic mass is 10.1. The Morgan fingerprint density at radius 3 is 2.73 bits per heavy atom. The summed E-state index contributed by atoms with van der Waals surface area (Å²) in [6.07, 6.45) is 3.02. The van der Waals surface area contributed by atoms with Crippen molar-refractivity contribution in [2.75, 3.05) is 44.2 Å². The summed E-state index contributed by atoms with van der Waals surface area (Å²) in [5.74, 6) is -0.797. The number of rotatable bonds is 6. The zero-order valence-electron chi connectivity index (χ0n) is 23.3. The highest BCUT2D eigenvalue weighted by molar-refractivity contribution is 5.98. The Morgan fingerprint density at radius 1 is 1.02 bits per heavy atom. The number of fused-ring (bicyclic) bond motifs is 2. The maximum Gasteiger partial charge on any atom is 0.254 e. The molecule has 7 nitrogen and oxygen atoms in total. The number of carbonyl (C=O) groups excluding carboxylic acids is 1. The number of likely N-dealkylation sites (tertiary alicyclic amines) is 1. The number of piperidine rings is 2. The van der Waals surface area contributed by atoms with E-state index in [1.165, 1.54) is 5.56 Å². The Labute approximate surface area is 239 Å². The van der Waals surface area contributed by atoms with E-state index in [-0.39, 0.29) is 30.9 Å². The van der Waals surface area contributed by atoms with Gasteiger partial charge in [0.25, 0.3) is 11.8 Å². The van der Waals surface area contributed by atoms with Crippen molar-refractivity contribution in [1.82, 2.24) is 20.1 Å². The van der Waals surface area contributed by atoms with Gasteiger partial charge in [0, 0.05) is 75.6 Å². The van der Waals surface area contributed by atoms with Gasteiger partial charge in [-0.3, -0.25) is 9.69 Å². The van der Waals surface area contributed by atoms with Crippen LogP contribution in [-0.2, 0) is 13.1 Å². The van der Waals surface area contributed by atoms with E-state index in [0.717, 1.165) is 85.6 Å². The molecule has 0 aliphatic carbocycles. The molecule has 1 amide bonds. The highest BCUT2D eigenvalue weighted by Gasteiger charge is 2.35. The molecule has 3 saturated heterocycles. The Kier molecular flexibility index (Phi) is 7.03. The summed E-state index contributed by atoms with van der Waals surface area (Å²) in [5.41, 5.74) is 3.99. The lowest BCUT2D eigenvalue weighted by Gasteiger charge is -2.32. The molecule has 9 heteroatoms. The lowest BCUT2D eigenvalue weighted by molar-refractivity contribution is -0.0221. The first-order valence-electron chi connectivity index (χ1n) is 15.0. The molecule has 4 aliphatic rings. The van der Waals surface area contributed by atoms with Gasteiger partial charge in [-0.05, 0) is 79.4 Å². The fourth-order valence-electron chi connectivity index (χ4n) is 6.78. The molecule has 1 aromatic heterocycles. The first kappa shape index (κ1) is 26.6. The number of amides is 1. The molecule has 5 heterocycles. The normalized spacial score (nSPS) is 24.7. The number of ether oxygens (including phenoxy) is 1. The van der Waals surface area contributed by atoms with E-state index >= 15 is 0 Å². The fraction of sp³-hybridized carbons (Fsp3) is 0.500. The van der Waals surface area contributed by atoms with Gasteiger partial charge in [-0.1, -0.05) is 6.07 Å². The van der Waals surface area contributed by atoms with Crippen molar-refractivity contribution >= 4 is 22.6 Å². The Balaban J connectivity index is 0.948. The summed E-state index contributed by atoms with van der Waals surface area (Å²) in [4.78, 5) is 24.1. The Morgan fingerprint density at radius 2 is 1.90 bits per heavy atom. The first-order valence-corrected chi connectivity index (χ1v) is 15.0. The maximum atomic E-state index is 13.6. The largest absolute Gasteiger partial charge is 0.489 e. The van der Waals surface area contributed by atoms with Crippen LogP contribution < -0.4 is 15.0 Å². The molecule has 3 fully saturated rings. The smallest absolute Gasteiger partial charge is 0.254 e. The molecule has 1 N–H and O–H groups in total. The van der Waals surface area contributed by atoms with Crippen LogP contribution in [0.15, 0.2) is 48.5 Å². The monoisotopic (exact) mass is 561 g/mol. The number of alkyl halides is 2. The van der Waals surface area contributed by atoms with E-state index < -0.39 is 5.92 Å². The number of anilines is 1. The van der Waals surface area contributed by atoms with Gasteiger partial charge in [0.2, 0.25) is 0 Å². The molecule has 2 atom stereocenters.